The largest absolute Gasteiger partial charge is 0.489 e. The van der Waals surface area contributed by atoms with E-state index >= 15 is 0 Å². The number of hydrogen-bond acceptors (Lipinski definition) is 7. The fraction of sp³-hybridized carbons (Fsp3) is 0.238. The first-order chi connectivity index (χ1) is 14.1. The predicted octanol–water partition coefficient (Wildman–Crippen LogP) is 3.02. The lowest BCUT2D eigenvalue weighted by Crippen LogP contribution is -2.29. The summed E-state index contributed by atoms with van der Waals surface area (Å²) >= 11 is 0. The maximum Gasteiger partial charge on any atom is 0.338 e. The fourth-order valence-corrected chi connectivity index (χ4v) is 3.40. The van der Waals surface area contributed by atoms with E-state index in [2.05, 4.69) is 33.8 Å². The molecule has 4 rings (SSSR count). The van der Waals surface area contributed by atoms with Gasteiger partial charge in [-0.25, -0.2) is 4.79 Å². The Hall–Kier alpha value is -3.68. The maximum absolute atomic E-state index is 12.5. The predicted molar refractivity (Wildman–Crippen MR) is 106 cm³/mol. The first kappa shape index (κ1) is 18.7. The zero-order valence-electron chi connectivity index (χ0n) is 16.4. The number of allylic oxidation sites excluding steroid dienone is 1. The molecule has 2 heterocycles. The van der Waals surface area contributed by atoms with E-state index in [4.69, 9.17) is 9.47 Å². The van der Waals surface area contributed by atoms with Crippen LogP contribution in [0.5, 0.6) is 5.75 Å². The Balaban J connectivity index is 1.68. The van der Waals surface area contributed by atoms with Crippen molar-refractivity contribution >= 4 is 11.9 Å². The second-order valence-electron chi connectivity index (χ2n) is 6.79. The van der Waals surface area contributed by atoms with Crippen LogP contribution in [0.3, 0.4) is 0 Å². The van der Waals surface area contributed by atoms with Crippen LogP contribution < -0.4 is 10.1 Å². The molecule has 1 aliphatic heterocycles. The average molecular weight is 391 g/mol. The Morgan fingerprint density at radius 2 is 2.00 bits per heavy atom. The molecule has 8 heteroatoms. The number of hydrogen-bond donors (Lipinski definition) is 1. The number of benzene rings is 2. The molecule has 1 aromatic heterocycles. The number of nitrogens with zero attached hydrogens (tertiary/aromatic N) is 4. The van der Waals surface area contributed by atoms with Crippen LogP contribution in [0.15, 0.2) is 59.8 Å². The fourth-order valence-electron chi connectivity index (χ4n) is 3.40. The topological polar surface area (TPSA) is 91.2 Å². The lowest BCUT2D eigenvalue weighted by atomic mass is 9.95. The summed E-state index contributed by atoms with van der Waals surface area (Å²) in [6, 6.07) is 15.2. The van der Waals surface area contributed by atoms with Gasteiger partial charge in [0.05, 0.1) is 12.7 Å². The van der Waals surface area contributed by atoms with Gasteiger partial charge in [-0.15, -0.1) is 0 Å². The summed E-state index contributed by atoms with van der Waals surface area (Å²) in [4.78, 5) is 12.5. The van der Waals surface area contributed by atoms with Crippen molar-refractivity contribution in [1.82, 2.24) is 20.2 Å². The molecule has 2 aromatic carbocycles. The SMILES string of the molecule is COC(=O)C1=C(C)Nc2nnnn2C1c1cccc(OCc2ccccc2C)c1. The molecular weight excluding hydrogens is 370 g/mol. The van der Waals surface area contributed by atoms with Crippen molar-refractivity contribution in [2.24, 2.45) is 0 Å². The number of nitrogens with one attached hydrogen (secondary N) is 1. The number of ether oxygens (including phenoxy) is 2. The Morgan fingerprint density at radius 3 is 2.79 bits per heavy atom. The smallest absolute Gasteiger partial charge is 0.338 e. The van der Waals surface area contributed by atoms with Gasteiger partial charge in [-0.1, -0.05) is 41.5 Å². The van der Waals surface area contributed by atoms with Crippen LogP contribution in [-0.4, -0.2) is 33.3 Å². The number of carbonyl (C=O) groups excluding carboxylic acids is 1. The van der Waals surface area contributed by atoms with Gasteiger partial charge in [0.15, 0.2) is 0 Å². The first-order valence-corrected chi connectivity index (χ1v) is 9.19. The van der Waals surface area contributed by atoms with E-state index in [-0.39, 0.29) is 0 Å². The number of tetrazole rings is 1. The number of fused-ring (bicyclic) bond motifs is 1. The van der Waals surface area contributed by atoms with Crippen LogP contribution in [-0.2, 0) is 16.1 Å². The monoisotopic (exact) mass is 391 g/mol. The molecule has 0 saturated heterocycles. The molecule has 8 nitrogen and oxygen atoms in total. The molecule has 148 valence electrons. The van der Waals surface area contributed by atoms with Crippen LogP contribution in [0.2, 0.25) is 0 Å². The van der Waals surface area contributed by atoms with Crippen LogP contribution in [0.4, 0.5) is 5.95 Å². The van der Waals surface area contributed by atoms with E-state index in [1.807, 2.05) is 42.5 Å². The number of rotatable bonds is 5. The van der Waals surface area contributed by atoms with Crippen molar-refractivity contribution in [3.63, 3.8) is 0 Å². The molecule has 0 aliphatic carbocycles. The molecule has 1 atom stereocenters. The van der Waals surface area contributed by atoms with Crippen molar-refractivity contribution < 1.29 is 14.3 Å². The summed E-state index contributed by atoms with van der Waals surface area (Å²) in [5.41, 5.74) is 4.21. The van der Waals surface area contributed by atoms with Crippen LogP contribution in [0.25, 0.3) is 0 Å². The zero-order valence-corrected chi connectivity index (χ0v) is 16.4. The molecule has 1 aliphatic rings. The van der Waals surface area contributed by atoms with Gasteiger partial charge in [0.1, 0.15) is 18.4 Å². The van der Waals surface area contributed by atoms with E-state index in [9.17, 15) is 4.79 Å². The lowest BCUT2D eigenvalue weighted by Gasteiger charge is -2.27. The van der Waals surface area contributed by atoms with Gasteiger partial charge in [0, 0.05) is 5.70 Å². The molecule has 0 amide bonds. The minimum Gasteiger partial charge on any atom is -0.489 e. The van der Waals surface area contributed by atoms with Crippen LogP contribution in [0, 0.1) is 6.92 Å². The van der Waals surface area contributed by atoms with Crippen molar-refractivity contribution in [2.75, 3.05) is 12.4 Å². The average Bonchev–Trinajstić information content (AvgIpc) is 3.19. The quantitative estimate of drug-likeness (QED) is 0.669. The van der Waals surface area contributed by atoms with Crippen LogP contribution in [0.1, 0.15) is 29.7 Å². The van der Waals surface area contributed by atoms with Gasteiger partial charge >= 0.3 is 5.97 Å². The maximum atomic E-state index is 12.5. The van der Waals surface area contributed by atoms with Crippen molar-refractivity contribution in [3.8, 4) is 5.75 Å². The van der Waals surface area contributed by atoms with Crippen molar-refractivity contribution in [2.45, 2.75) is 26.5 Å². The van der Waals surface area contributed by atoms with Gasteiger partial charge in [0.2, 0.25) is 5.95 Å². The number of aryl methyl sites for hydroxylation is 1. The summed E-state index contributed by atoms with van der Waals surface area (Å²) in [5, 5.41) is 14.8. The molecule has 29 heavy (non-hydrogen) atoms. The third-order valence-corrected chi connectivity index (χ3v) is 4.95. The summed E-state index contributed by atoms with van der Waals surface area (Å²) in [6.45, 7) is 4.31. The van der Waals surface area contributed by atoms with Gasteiger partial charge in [-0.05, 0) is 53.1 Å². The third-order valence-electron chi connectivity index (χ3n) is 4.95. The lowest BCUT2D eigenvalue weighted by molar-refractivity contribution is -0.136. The van der Waals surface area contributed by atoms with E-state index in [0.717, 1.165) is 11.1 Å². The second kappa shape index (κ2) is 7.75. The molecule has 0 fully saturated rings. The molecule has 0 spiro atoms. The highest BCUT2D eigenvalue weighted by Gasteiger charge is 2.34. The highest BCUT2D eigenvalue weighted by molar-refractivity contribution is 5.92. The van der Waals surface area contributed by atoms with Crippen molar-refractivity contribution in [1.29, 1.82) is 0 Å². The number of aromatic nitrogens is 4. The van der Waals surface area contributed by atoms with E-state index < -0.39 is 12.0 Å². The van der Waals surface area contributed by atoms with Crippen molar-refractivity contribution in [3.05, 3.63) is 76.5 Å². The molecule has 3 aromatic rings. The minimum atomic E-state index is -0.518. The number of carbonyl (C=O) groups is 1. The molecular formula is C21H21N5O3. The van der Waals surface area contributed by atoms with Gasteiger partial charge in [-0.3, -0.25) is 0 Å². The Bertz CT molecular complexity index is 1090. The molecule has 1 unspecified atom stereocenters. The van der Waals surface area contributed by atoms with E-state index in [0.29, 0.717) is 29.6 Å². The summed E-state index contributed by atoms with van der Waals surface area (Å²) < 4.78 is 12.6. The second-order valence-corrected chi connectivity index (χ2v) is 6.79. The zero-order chi connectivity index (χ0) is 20.4. The number of esters is 1. The third kappa shape index (κ3) is 3.56. The van der Waals surface area contributed by atoms with E-state index in [1.54, 1.807) is 11.6 Å². The molecule has 0 saturated carbocycles. The van der Waals surface area contributed by atoms with Gasteiger partial charge < -0.3 is 14.8 Å². The normalized spacial score (nSPS) is 15.5. The highest BCUT2D eigenvalue weighted by Crippen LogP contribution is 2.36. The van der Waals surface area contributed by atoms with Gasteiger partial charge in [0.25, 0.3) is 0 Å². The number of methoxy groups -OCH3 is 1. The van der Waals surface area contributed by atoms with Crippen LogP contribution >= 0.6 is 0 Å². The Kier molecular flexibility index (Phi) is 4.99. The minimum absolute atomic E-state index is 0.438. The van der Waals surface area contributed by atoms with Gasteiger partial charge in [-0.2, -0.15) is 4.68 Å². The molecule has 0 bridgehead atoms. The van der Waals surface area contributed by atoms with E-state index in [1.165, 1.54) is 12.7 Å². The Labute approximate surface area is 168 Å². The standard InChI is InChI=1S/C21H21N5O3/c1-13-7-4-5-8-16(13)12-29-17-10-6-9-15(11-17)19-18(20(27)28-3)14(2)22-21-23-24-25-26(19)21/h4-11,19H,12H2,1-3H3,(H,22,23,25). The molecule has 1 N–H and O–H groups in total. The Morgan fingerprint density at radius 1 is 1.17 bits per heavy atom. The summed E-state index contributed by atoms with van der Waals surface area (Å²) in [5.74, 6) is 0.722. The summed E-state index contributed by atoms with van der Waals surface area (Å²) in [7, 11) is 1.36. The first-order valence-electron chi connectivity index (χ1n) is 9.19. The molecule has 0 radical (unpaired) electrons. The number of anilines is 1. The highest BCUT2D eigenvalue weighted by atomic mass is 16.5. The summed E-state index contributed by atoms with van der Waals surface area (Å²) in [6.07, 6.45) is 0.